The minimum absolute atomic E-state index is 0.0274. The molecule has 0 bridgehead atoms. The van der Waals surface area contributed by atoms with Crippen molar-refractivity contribution in [1.29, 1.82) is 0 Å². The van der Waals surface area contributed by atoms with Crippen molar-refractivity contribution in [3.63, 3.8) is 0 Å². The molecule has 1 aliphatic heterocycles. The summed E-state index contributed by atoms with van der Waals surface area (Å²) in [5, 5.41) is 20.7. The number of rotatable bonds is 4. The number of fused-ring (bicyclic) bond motifs is 2. The molecule has 2 N–H and O–H groups in total. The summed E-state index contributed by atoms with van der Waals surface area (Å²) >= 11 is 0. The van der Waals surface area contributed by atoms with E-state index in [1.54, 1.807) is 18.2 Å². The second-order valence-corrected chi connectivity index (χ2v) is 8.43. The van der Waals surface area contributed by atoms with Crippen LogP contribution in [0.3, 0.4) is 0 Å². The van der Waals surface area contributed by atoms with Crippen LogP contribution in [0.2, 0.25) is 0 Å². The topological polar surface area (TPSA) is 81.1 Å². The van der Waals surface area contributed by atoms with Crippen molar-refractivity contribution in [3.05, 3.63) is 94.0 Å². The minimum atomic E-state index is -0.522. The van der Waals surface area contributed by atoms with Crippen LogP contribution in [-0.2, 0) is 13.1 Å². The highest BCUT2D eigenvalue weighted by atomic mass is 16.3. The van der Waals surface area contributed by atoms with E-state index in [9.17, 15) is 19.8 Å². The fraction of sp³-hybridized carbons (Fsp3) is 0.231. The Morgan fingerprint density at radius 3 is 1.94 bits per heavy atom. The summed E-state index contributed by atoms with van der Waals surface area (Å²) in [6.45, 7) is 5.17. The minimum Gasteiger partial charge on any atom is -0.507 e. The first-order valence-corrected chi connectivity index (χ1v) is 10.8. The lowest BCUT2D eigenvalue weighted by atomic mass is 9.82. The van der Waals surface area contributed by atoms with Gasteiger partial charge in [0.15, 0.2) is 5.78 Å². The first-order valence-electron chi connectivity index (χ1n) is 10.8. The van der Waals surface area contributed by atoms with Gasteiger partial charge < -0.3 is 10.2 Å². The molecule has 32 heavy (non-hydrogen) atoms. The van der Waals surface area contributed by atoms with Gasteiger partial charge in [-0.2, -0.15) is 0 Å². The van der Waals surface area contributed by atoms with Crippen LogP contribution < -0.4 is 0 Å². The lowest BCUT2D eigenvalue weighted by Gasteiger charge is -2.35. The van der Waals surface area contributed by atoms with Crippen LogP contribution in [0.1, 0.15) is 43.0 Å². The number of hydrogen-bond acceptors (Lipinski definition) is 6. The van der Waals surface area contributed by atoms with Gasteiger partial charge in [0.25, 0.3) is 0 Å². The van der Waals surface area contributed by atoms with Gasteiger partial charge in [0, 0.05) is 50.4 Å². The van der Waals surface area contributed by atoms with Gasteiger partial charge in [0.05, 0.1) is 11.1 Å². The highest BCUT2D eigenvalue weighted by Crippen LogP contribution is 2.37. The smallest absolute Gasteiger partial charge is 0.201 e. The number of ketones is 2. The van der Waals surface area contributed by atoms with E-state index in [1.807, 2.05) is 6.07 Å². The molecule has 1 heterocycles. The molecule has 162 valence electrons. The SMILES string of the molecule is O=C1c2cccc(O)c2C(=O)c2c(O)cc(CN3CCN(Cc4ccccc4)CC3)cc21. The zero-order valence-corrected chi connectivity index (χ0v) is 17.6. The molecular weight excluding hydrogens is 404 g/mol. The number of carbonyl (C=O) groups is 2. The molecule has 1 aliphatic carbocycles. The number of nitrogens with zero attached hydrogens (tertiary/aromatic N) is 2. The molecule has 6 nitrogen and oxygen atoms in total. The zero-order valence-electron chi connectivity index (χ0n) is 17.6. The molecule has 0 unspecified atom stereocenters. The summed E-state index contributed by atoms with van der Waals surface area (Å²) < 4.78 is 0. The molecule has 0 spiro atoms. The molecule has 0 radical (unpaired) electrons. The molecule has 0 amide bonds. The number of benzene rings is 3. The van der Waals surface area contributed by atoms with E-state index in [-0.39, 0.29) is 39.5 Å². The fourth-order valence-corrected chi connectivity index (χ4v) is 4.64. The van der Waals surface area contributed by atoms with Gasteiger partial charge in [-0.25, -0.2) is 0 Å². The lowest BCUT2D eigenvalue weighted by molar-refractivity contribution is 0.0973. The third kappa shape index (κ3) is 3.68. The van der Waals surface area contributed by atoms with Crippen molar-refractivity contribution in [2.45, 2.75) is 13.1 Å². The van der Waals surface area contributed by atoms with Crippen LogP contribution in [0, 0.1) is 0 Å². The number of carbonyl (C=O) groups excluding carboxylic acids is 2. The van der Waals surface area contributed by atoms with Gasteiger partial charge in [-0.05, 0) is 29.3 Å². The highest BCUT2D eigenvalue weighted by molar-refractivity contribution is 6.30. The van der Waals surface area contributed by atoms with Crippen molar-refractivity contribution < 1.29 is 19.8 Å². The molecule has 1 saturated heterocycles. The number of aromatic hydroxyl groups is 2. The third-order valence-electron chi connectivity index (χ3n) is 6.28. The first kappa shape index (κ1) is 20.4. The van der Waals surface area contributed by atoms with Crippen molar-refractivity contribution in [2.24, 2.45) is 0 Å². The maximum atomic E-state index is 13.0. The van der Waals surface area contributed by atoms with Gasteiger partial charge in [-0.15, -0.1) is 0 Å². The van der Waals surface area contributed by atoms with Crippen LogP contribution in [0.25, 0.3) is 0 Å². The summed E-state index contributed by atoms with van der Waals surface area (Å²) in [5.41, 5.74) is 2.40. The summed E-state index contributed by atoms with van der Waals surface area (Å²) in [4.78, 5) is 30.6. The predicted octanol–water partition coefficient (Wildman–Crippen LogP) is 3.19. The molecule has 6 heteroatoms. The van der Waals surface area contributed by atoms with E-state index in [4.69, 9.17) is 0 Å². The standard InChI is InChI=1S/C26H24N2O4/c29-21-8-4-7-19-23(21)26(32)24-20(25(19)31)13-18(14-22(24)30)16-28-11-9-27(10-12-28)15-17-5-2-1-3-6-17/h1-8,13-14,29-30H,9-12,15-16H2. The molecule has 0 atom stereocenters. The second-order valence-electron chi connectivity index (χ2n) is 8.43. The highest BCUT2D eigenvalue weighted by Gasteiger charge is 2.34. The average Bonchev–Trinajstić information content (AvgIpc) is 2.79. The summed E-state index contributed by atoms with van der Waals surface area (Å²) in [6, 6.07) is 18.1. The van der Waals surface area contributed by atoms with E-state index in [0.717, 1.165) is 38.3 Å². The third-order valence-corrected chi connectivity index (χ3v) is 6.28. The quantitative estimate of drug-likeness (QED) is 0.520. The predicted molar refractivity (Wildman–Crippen MR) is 120 cm³/mol. The Kier molecular flexibility index (Phi) is 5.25. The number of hydrogen-bond donors (Lipinski definition) is 2. The van der Waals surface area contributed by atoms with E-state index in [2.05, 4.69) is 34.1 Å². The van der Waals surface area contributed by atoms with Gasteiger partial charge in [-0.1, -0.05) is 42.5 Å². The van der Waals surface area contributed by atoms with Crippen molar-refractivity contribution >= 4 is 11.6 Å². The summed E-state index contributed by atoms with van der Waals surface area (Å²) in [7, 11) is 0. The van der Waals surface area contributed by atoms with Gasteiger partial charge in [0.2, 0.25) is 5.78 Å². The molecule has 3 aromatic rings. The van der Waals surface area contributed by atoms with Crippen LogP contribution in [0.5, 0.6) is 11.5 Å². The Bertz CT molecular complexity index is 1200. The first-order chi connectivity index (χ1) is 15.5. The Hall–Kier alpha value is -3.48. The normalized spacial score (nSPS) is 16.6. The van der Waals surface area contributed by atoms with Crippen LogP contribution in [0.15, 0.2) is 60.7 Å². The molecule has 2 aliphatic rings. The average molecular weight is 428 g/mol. The molecule has 1 fully saturated rings. The largest absolute Gasteiger partial charge is 0.507 e. The Balaban J connectivity index is 1.32. The molecule has 0 aromatic heterocycles. The Labute approximate surface area is 186 Å². The monoisotopic (exact) mass is 428 g/mol. The Morgan fingerprint density at radius 1 is 0.625 bits per heavy atom. The number of phenolic OH excluding ortho intramolecular Hbond substituents is 2. The van der Waals surface area contributed by atoms with Crippen molar-refractivity contribution in [1.82, 2.24) is 9.80 Å². The fourth-order valence-electron chi connectivity index (χ4n) is 4.64. The molecule has 5 rings (SSSR count). The molecule has 3 aromatic carbocycles. The van der Waals surface area contributed by atoms with Crippen molar-refractivity contribution in [2.75, 3.05) is 26.2 Å². The van der Waals surface area contributed by atoms with Crippen molar-refractivity contribution in [3.8, 4) is 11.5 Å². The molecular formula is C26H24N2O4. The van der Waals surface area contributed by atoms with Crippen LogP contribution in [-0.4, -0.2) is 57.8 Å². The summed E-state index contributed by atoms with van der Waals surface area (Å²) in [5.74, 6) is -1.34. The number of phenols is 2. The maximum Gasteiger partial charge on any atom is 0.201 e. The number of piperazine rings is 1. The van der Waals surface area contributed by atoms with Gasteiger partial charge in [0.1, 0.15) is 11.5 Å². The molecule has 0 saturated carbocycles. The van der Waals surface area contributed by atoms with Crippen LogP contribution in [0.4, 0.5) is 0 Å². The van der Waals surface area contributed by atoms with Crippen LogP contribution >= 0.6 is 0 Å². The Morgan fingerprint density at radius 2 is 1.25 bits per heavy atom. The summed E-state index contributed by atoms with van der Waals surface area (Å²) in [6.07, 6.45) is 0. The van der Waals surface area contributed by atoms with E-state index >= 15 is 0 Å². The van der Waals surface area contributed by atoms with E-state index in [1.165, 1.54) is 17.7 Å². The van der Waals surface area contributed by atoms with Gasteiger partial charge in [-0.3, -0.25) is 19.4 Å². The zero-order chi connectivity index (χ0) is 22.2. The van der Waals surface area contributed by atoms with E-state index in [0.29, 0.717) is 6.54 Å². The maximum absolute atomic E-state index is 13.0. The second kappa shape index (κ2) is 8.22. The van der Waals surface area contributed by atoms with E-state index < -0.39 is 5.78 Å². The lowest BCUT2D eigenvalue weighted by Crippen LogP contribution is -2.45. The van der Waals surface area contributed by atoms with Gasteiger partial charge >= 0.3 is 0 Å².